The largest absolute Gasteiger partial charge is 0.392 e. The van der Waals surface area contributed by atoms with Gasteiger partial charge in [-0.3, -0.25) is 10.2 Å². The lowest BCUT2D eigenvalue weighted by molar-refractivity contribution is -0.128. The van der Waals surface area contributed by atoms with E-state index in [1.54, 1.807) is 11.8 Å². The summed E-state index contributed by atoms with van der Waals surface area (Å²) >= 11 is 1.59. The third-order valence-corrected chi connectivity index (χ3v) is 3.92. The van der Waals surface area contributed by atoms with E-state index in [1.807, 2.05) is 38.1 Å². The Kier molecular flexibility index (Phi) is 4.99. The number of aliphatic hydroxyl groups is 1. The molecule has 0 saturated heterocycles. The molecule has 1 aromatic rings. The van der Waals surface area contributed by atoms with Crippen molar-refractivity contribution in [3.8, 4) is 0 Å². The second-order valence-corrected chi connectivity index (χ2v) is 5.50. The summed E-state index contributed by atoms with van der Waals surface area (Å²) in [6.07, 6.45) is 0. The van der Waals surface area contributed by atoms with Gasteiger partial charge in [0.25, 0.3) is 0 Å². The van der Waals surface area contributed by atoms with Crippen LogP contribution < -0.4 is 11.3 Å². The van der Waals surface area contributed by atoms with Gasteiger partial charge in [-0.2, -0.15) is 0 Å². The number of hydrogen-bond donors (Lipinski definition) is 3. The lowest BCUT2D eigenvalue weighted by Crippen LogP contribution is -2.42. The zero-order valence-corrected chi connectivity index (χ0v) is 10.9. The minimum atomic E-state index is -0.505. The molecule has 5 heteroatoms. The molecule has 0 fully saturated rings. The number of amides is 1. The van der Waals surface area contributed by atoms with Gasteiger partial charge in [0.1, 0.15) is 0 Å². The van der Waals surface area contributed by atoms with Crippen LogP contribution in [0.4, 0.5) is 0 Å². The SMILES string of the molecule is CC(C)(CSc1ccc(CO)cc1)C(=O)NN. The van der Waals surface area contributed by atoms with E-state index in [-0.39, 0.29) is 12.5 Å². The predicted molar refractivity (Wildman–Crippen MR) is 69.2 cm³/mol. The molecular formula is C12H18N2O2S. The number of benzene rings is 1. The van der Waals surface area contributed by atoms with Crippen molar-refractivity contribution in [2.75, 3.05) is 5.75 Å². The molecule has 1 amide bonds. The lowest BCUT2D eigenvalue weighted by Gasteiger charge is -2.21. The van der Waals surface area contributed by atoms with Crippen LogP contribution in [0.5, 0.6) is 0 Å². The fourth-order valence-electron chi connectivity index (χ4n) is 1.22. The predicted octanol–water partition coefficient (Wildman–Crippen LogP) is 1.29. The maximum Gasteiger partial charge on any atom is 0.240 e. The van der Waals surface area contributed by atoms with Crippen LogP contribution in [0.15, 0.2) is 29.2 Å². The van der Waals surface area contributed by atoms with Crippen LogP contribution in [0.3, 0.4) is 0 Å². The molecule has 4 N–H and O–H groups in total. The smallest absolute Gasteiger partial charge is 0.240 e. The average Bonchev–Trinajstić information content (AvgIpc) is 2.36. The highest BCUT2D eigenvalue weighted by atomic mass is 32.2. The molecule has 0 bridgehead atoms. The van der Waals surface area contributed by atoms with Crippen LogP contribution in [0.2, 0.25) is 0 Å². The maximum absolute atomic E-state index is 11.5. The van der Waals surface area contributed by atoms with Gasteiger partial charge >= 0.3 is 0 Å². The van der Waals surface area contributed by atoms with Crippen LogP contribution in [0.25, 0.3) is 0 Å². The number of hydrogen-bond acceptors (Lipinski definition) is 4. The molecule has 0 aliphatic heterocycles. The van der Waals surface area contributed by atoms with Crippen LogP contribution in [-0.4, -0.2) is 16.8 Å². The van der Waals surface area contributed by atoms with Crippen molar-refractivity contribution in [3.63, 3.8) is 0 Å². The number of nitrogens with two attached hydrogens (primary N) is 1. The third-order valence-electron chi connectivity index (χ3n) is 2.45. The monoisotopic (exact) mass is 254 g/mol. The van der Waals surface area contributed by atoms with E-state index in [0.717, 1.165) is 10.5 Å². The van der Waals surface area contributed by atoms with Crippen molar-refractivity contribution in [2.24, 2.45) is 11.3 Å². The molecule has 94 valence electrons. The Morgan fingerprint density at radius 1 is 1.41 bits per heavy atom. The summed E-state index contributed by atoms with van der Waals surface area (Å²) < 4.78 is 0. The third kappa shape index (κ3) is 4.03. The summed E-state index contributed by atoms with van der Waals surface area (Å²) in [6.45, 7) is 3.75. The van der Waals surface area contributed by atoms with Crippen molar-refractivity contribution < 1.29 is 9.90 Å². The number of aliphatic hydroxyl groups excluding tert-OH is 1. The highest BCUT2D eigenvalue weighted by molar-refractivity contribution is 7.99. The Bertz CT molecular complexity index is 377. The molecule has 1 aromatic carbocycles. The van der Waals surface area contributed by atoms with Gasteiger partial charge in [-0.05, 0) is 17.7 Å². The maximum atomic E-state index is 11.5. The van der Waals surface area contributed by atoms with Crippen LogP contribution in [0, 0.1) is 5.41 Å². The molecule has 0 radical (unpaired) electrons. The number of carbonyl (C=O) groups is 1. The molecule has 0 unspecified atom stereocenters. The topological polar surface area (TPSA) is 75.3 Å². The molecule has 17 heavy (non-hydrogen) atoms. The minimum Gasteiger partial charge on any atom is -0.392 e. The van der Waals surface area contributed by atoms with Crippen LogP contribution in [0.1, 0.15) is 19.4 Å². The Balaban J connectivity index is 2.57. The number of hydrazine groups is 1. The van der Waals surface area contributed by atoms with Gasteiger partial charge in [0.15, 0.2) is 0 Å². The Labute approximate surface area is 106 Å². The average molecular weight is 254 g/mol. The number of thioether (sulfide) groups is 1. The van der Waals surface area contributed by atoms with Gasteiger partial charge in [0.2, 0.25) is 5.91 Å². The van der Waals surface area contributed by atoms with Gasteiger partial charge in [0.05, 0.1) is 12.0 Å². The lowest BCUT2D eigenvalue weighted by atomic mass is 9.96. The van der Waals surface area contributed by atoms with Gasteiger partial charge in [-0.1, -0.05) is 26.0 Å². The molecule has 0 aliphatic rings. The standard InChI is InChI=1S/C12H18N2O2S/c1-12(2,11(16)14-13)8-17-10-5-3-9(7-15)4-6-10/h3-6,15H,7-8,13H2,1-2H3,(H,14,16). The van der Waals surface area contributed by atoms with Crippen molar-refractivity contribution in [2.45, 2.75) is 25.3 Å². The summed E-state index contributed by atoms with van der Waals surface area (Å²) in [5, 5.41) is 8.92. The van der Waals surface area contributed by atoms with E-state index >= 15 is 0 Å². The molecule has 0 aromatic heterocycles. The van der Waals surface area contributed by atoms with Crippen molar-refractivity contribution in [1.82, 2.24) is 5.43 Å². The van der Waals surface area contributed by atoms with Crippen LogP contribution in [-0.2, 0) is 11.4 Å². The first kappa shape index (κ1) is 14.0. The molecular weight excluding hydrogens is 236 g/mol. The molecule has 1 rings (SSSR count). The van der Waals surface area contributed by atoms with Crippen LogP contribution >= 0.6 is 11.8 Å². The first-order chi connectivity index (χ1) is 7.99. The second kappa shape index (κ2) is 6.05. The first-order valence-electron chi connectivity index (χ1n) is 5.33. The van der Waals surface area contributed by atoms with E-state index in [9.17, 15) is 4.79 Å². The van der Waals surface area contributed by atoms with Gasteiger partial charge < -0.3 is 5.11 Å². The summed E-state index contributed by atoms with van der Waals surface area (Å²) in [6, 6.07) is 7.62. The van der Waals surface area contributed by atoms with Gasteiger partial charge in [0, 0.05) is 10.6 Å². The van der Waals surface area contributed by atoms with E-state index < -0.39 is 5.41 Å². The summed E-state index contributed by atoms with van der Waals surface area (Å²) in [7, 11) is 0. The van der Waals surface area contributed by atoms with Crippen molar-refractivity contribution in [3.05, 3.63) is 29.8 Å². The zero-order valence-electron chi connectivity index (χ0n) is 10.1. The number of nitrogens with one attached hydrogen (secondary N) is 1. The van der Waals surface area contributed by atoms with Gasteiger partial charge in [-0.25, -0.2) is 5.84 Å². The molecule has 0 spiro atoms. The normalized spacial score (nSPS) is 11.3. The van der Waals surface area contributed by atoms with Crippen molar-refractivity contribution in [1.29, 1.82) is 0 Å². The number of rotatable bonds is 5. The second-order valence-electron chi connectivity index (χ2n) is 4.45. The first-order valence-corrected chi connectivity index (χ1v) is 6.32. The van der Waals surface area contributed by atoms with E-state index in [2.05, 4.69) is 5.43 Å². The number of carbonyl (C=O) groups excluding carboxylic acids is 1. The molecule has 0 atom stereocenters. The molecule has 0 aliphatic carbocycles. The van der Waals surface area contributed by atoms with E-state index in [1.165, 1.54) is 0 Å². The van der Waals surface area contributed by atoms with E-state index in [0.29, 0.717) is 5.75 Å². The molecule has 0 heterocycles. The van der Waals surface area contributed by atoms with Crippen molar-refractivity contribution >= 4 is 17.7 Å². The molecule has 0 saturated carbocycles. The van der Waals surface area contributed by atoms with Gasteiger partial charge in [-0.15, -0.1) is 11.8 Å². The highest BCUT2D eigenvalue weighted by Gasteiger charge is 2.26. The van der Waals surface area contributed by atoms with E-state index in [4.69, 9.17) is 10.9 Å². The zero-order chi connectivity index (χ0) is 12.9. The Morgan fingerprint density at radius 3 is 2.47 bits per heavy atom. The molecule has 4 nitrogen and oxygen atoms in total. The Morgan fingerprint density at radius 2 is 2.00 bits per heavy atom. The fraction of sp³-hybridized carbons (Fsp3) is 0.417. The Hall–Kier alpha value is -1.04. The minimum absolute atomic E-state index is 0.0476. The fourth-order valence-corrected chi connectivity index (χ4v) is 2.20. The highest BCUT2D eigenvalue weighted by Crippen LogP contribution is 2.27. The summed E-state index contributed by atoms with van der Waals surface area (Å²) in [5.74, 6) is 5.61. The summed E-state index contributed by atoms with van der Waals surface area (Å²) in [4.78, 5) is 12.5. The quantitative estimate of drug-likeness (QED) is 0.320. The summed E-state index contributed by atoms with van der Waals surface area (Å²) in [5.41, 5.74) is 2.55.